The molecule has 56 valence electrons. The van der Waals surface area contributed by atoms with Crippen LogP contribution in [0.3, 0.4) is 0 Å². The molecule has 0 saturated carbocycles. The van der Waals surface area contributed by atoms with Gasteiger partial charge in [0, 0.05) is 18.7 Å². The molecule has 1 aliphatic heterocycles. The van der Waals surface area contributed by atoms with Crippen molar-refractivity contribution >= 4 is 0 Å². The quantitative estimate of drug-likeness (QED) is 0.531. The van der Waals surface area contributed by atoms with Crippen LogP contribution in [0.25, 0.3) is 0 Å². The molecule has 2 rings (SSSR count). The van der Waals surface area contributed by atoms with E-state index in [4.69, 9.17) is 0 Å². The molecule has 0 unspecified atom stereocenters. The SMILES string of the molecule is CN1CCc2ccc#cc2C1. The summed E-state index contributed by atoms with van der Waals surface area (Å²) in [5, 5.41) is 0. The van der Waals surface area contributed by atoms with Crippen LogP contribution >= 0.6 is 0 Å². The highest BCUT2D eigenvalue weighted by Gasteiger charge is 2.10. The van der Waals surface area contributed by atoms with Gasteiger partial charge < -0.3 is 4.90 Å². The highest BCUT2D eigenvalue weighted by molar-refractivity contribution is 5.24. The van der Waals surface area contributed by atoms with Crippen molar-refractivity contribution in [1.29, 1.82) is 0 Å². The van der Waals surface area contributed by atoms with E-state index in [1.54, 1.807) is 0 Å². The minimum atomic E-state index is 1.03. The lowest BCUT2D eigenvalue weighted by Gasteiger charge is -2.22. The largest absolute Gasteiger partial charge is 0.301 e. The van der Waals surface area contributed by atoms with Gasteiger partial charge in [0.2, 0.25) is 0 Å². The standard InChI is InChI=1S/C10H11N/c1-11-7-6-9-4-2-3-5-10(9)8-11/h2,4H,6-8H2,1H3. The molecule has 11 heavy (non-hydrogen) atoms. The molecule has 0 spiro atoms. The highest BCUT2D eigenvalue weighted by atomic mass is 15.1. The van der Waals surface area contributed by atoms with Gasteiger partial charge in [0.1, 0.15) is 0 Å². The number of hydrogen-bond donors (Lipinski definition) is 0. The molecule has 0 radical (unpaired) electrons. The number of likely N-dealkylation sites (N-methyl/N-ethyl adjacent to an activating group) is 1. The van der Waals surface area contributed by atoms with Crippen molar-refractivity contribution in [1.82, 2.24) is 4.90 Å². The molecule has 0 atom stereocenters. The Labute approximate surface area is 67.6 Å². The lowest BCUT2D eigenvalue weighted by atomic mass is 10.0. The molecule has 0 aromatic heterocycles. The van der Waals surface area contributed by atoms with Crippen LogP contribution < -0.4 is 0 Å². The van der Waals surface area contributed by atoms with Gasteiger partial charge >= 0.3 is 0 Å². The van der Waals surface area contributed by atoms with Crippen LogP contribution in [0.4, 0.5) is 0 Å². The maximum atomic E-state index is 3.15. The summed E-state index contributed by atoms with van der Waals surface area (Å²) in [6, 6.07) is 10.2. The lowest BCUT2D eigenvalue weighted by molar-refractivity contribution is 0.313. The first-order valence-electron chi connectivity index (χ1n) is 3.95. The summed E-state index contributed by atoms with van der Waals surface area (Å²) in [6.07, 6.45) is 1.16. The van der Waals surface area contributed by atoms with Crippen LogP contribution in [0.1, 0.15) is 11.1 Å². The summed E-state index contributed by atoms with van der Waals surface area (Å²) in [7, 11) is 2.14. The van der Waals surface area contributed by atoms with Crippen molar-refractivity contribution in [3.8, 4) is 0 Å². The average molecular weight is 145 g/mol. The van der Waals surface area contributed by atoms with E-state index in [1.807, 2.05) is 6.07 Å². The summed E-state index contributed by atoms with van der Waals surface area (Å²) in [4.78, 5) is 2.31. The molecule has 0 fully saturated rings. The van der Waals surface area contributed by atoms with Gasteiger partial charge in [-0.15, -0.1) is 0 Å². The second-order valence-corrected chi connectivity index (χ2v) is 3.09. The number of hydrogen-bond acceptors (Lipinski definition) is 1. The molecule has 1 heteroatoms. The Bertz CT molecular complexity index is 255. The van der Waals surface area contributed by atoms with Crippen LogP contribution in [0, 0.1) is 12.1 Å². The third-order valence-electron chi connectivity index (χ3n) is 2.17. The first-order chi connectivity index (χ1) is 5.36. The van der Waals surface area contributed by atoms with E-state index in [9.17, 15) is 0 Å². The maximum Gasteiger partial charge on any atom is 0.0313 e. The monoisotopic (exact) mass is 145 g/mol. The van der Waals surface area contributed by atoms with Crippen LogP contribution in [0.15, 0.2) is 12.1 Å². The molecule has 1 aromatic carbocycles. The Morgan fingerprint density at radius 2 is 2.45 bits per heavy atom. The first-order valence-corrected chi connectivity index (χ1v) is 3.95. The molecule has 1 heterocycles. The van der Waals surface area contributed by atoms with Crippen molar-refractivity contribution in [2.75, 3.05) is 13.6 Å². The second-order valence-electron chi connectivity index (χ2n) is 3.09. The molecule has 1 aromatic rings. The van der Waals surface area contributed by atoms with Crippen molar-refractivity contribution in [3.05, 3.63) is 35.4 Å². The van der Waals surface area contributed by atoms with E-state index >= 15 is 0 Å². The Morgan fingerprint density at radius 3 is 3.36 bits per heavy atom. The molecule has 0 aliphatic carbocycles. The Morgan fingerprint density at radius 1 is 1.55 bits per heavy atom. The van der Waals surface area contributed by atoms with Crippen molar-refractivity contribution in [2.45, 2.75) is 13.0 Å². The van der Waals surface area contributed by atoms with E-state index in [-0.39, 0.29) is 0 Å². The van der Waals surface area contributed by atoms with Crippen molar-refractivity contribution in [3.63, 3.8) is 0 Å². The fourth-order valence-corrected chi connectivity index (χ4v) is 1.49. The maximum absolute atomic E-state index is 3.15. The third-order valence-corrected chi connectivity index (χ3v) is 2.17. The van der Waals surface area contributed by atoms with Gasteiger partial charge in [0.05, 0.1) is 0 Å². The highest BCUT2D eigenvalue weighted by Crippen LogP contribution is 2.14. The molecule has 0 saturated heterocycles. The van der Waals surface area contributed by atoms with Gasteiger partial charge in [-0.3, -0.25) is 0 Å². The minimum absolute atomic E-state index is 1.03. The lowest BCUT2D eigenvalue weighted by Crippen LogP contribution is -2.26. The molecular weight excluding hydrogens is 134 g/mol. The Kier molecular flexibility index (Phi) is 1.56. The number of fused-ring (bicyclic) bond motifs is 1. The predicted molar refractivity (Wildman–Crippen MR) is 44.2 cm³/mol. The number of rotatable bonds is 0. The Balaban J connectivity index is 2.34. The van der Waals surface area contributed by atoms with E-state index in [1.165, 1.54) is 17.7 Å². The van der Waals surface area contributed by atoms with Crippen LogP contribution in [0.2, 0.25) is 0 Å². The summed E-state index contributed by atoms with van der Waals surface area (Å²) in [5.41, 5.74) is 2.77. The van der Waals surface area contributed by atoms with E-state index < -0.39 is 0 Å². The zero-order valence-electron chi connectivity index (χ0n) is 6.72. The first kappa shape index (κ1) is 6.69. The molecule has 0 N–H and O–H groups in total. The number of nitrogens with zero attached hydrogens (tertiary/aromatic N) is 1. The summed E-state index contributed by atoms with van der Waals surface area (Å²) in [6.45, 7) is 2.21. The molecule has 1 aliphatic rings. The van der Waals surface area contributed by atoms with Crippen LogP contribution in [-0.4, -0.2) is 18.5 Å². The average Bonchev–Trinajstić information content (AvgIpc) is 2.04. The molecule has 0 amide bonds. The van der Waals surface area contributed by atoms with E-state index in [0.717, 1.165) is 13.0 Å². The summed E-state index contributed by atoms with van der Waals surface area (Å²) in [5.74, 6) is 0. The predicted octanol–water partition coefficient (Wildman–Crippen LogP) is 1.27. The fraction of sp³-hybridized carbons (Fsp3) is 0.400. The van der Waals surface area contributed by atoms with Gasteiger partial charge in [-0.25, -0.2) is 0 Å². The van der Waals surface area contributed by atoms with Crippen molar-refractivity contribution in [2.24, 2.45) is 0 Å². The molecular formula is C10H11N. The second kappa shape index (κ2) is 2.56. The zero-order valence-corrected chi connectivity index (χ0v) is 6.72. The fourth-order valence-electron chi connectivity index (χ4n) is 1.49. The smallest absolute Gasteiger partial charge is 0.0313 e. The van der Waals surface area contributed by atoms with E-state index in [2.05, 4.69) is 30.1 Å². The topological polar surface area (TPSA) is 3.24 Å². The van der Waals surface area contributed by atoms with Gasteiger partial charge in [-0.2, -0.15) is 0 Å². The zero-order chi connectivity index (χ0) is 7.68. The molecule has 0 bridgehead atoms. The molecule has 1 nitrogen and oxygen atoms in total. The normalized spacial score (nSPS) is 17.2. The third kappa shape index (κ3) is 1.22. The van der Waals surface area contributed by atoms with Gasteiger partial charge in [0.25, 0.3) is 0 Å². The van der Waals surface area contributed by atoms with Gasteiger partial charge in [-0.05, 0) is 31.2 Å². The summed E-state index contributed by atoms with van der Waals surface area (Å²) < 4.78 is 0. The Hall–Kier alpha value is -1.00. The summed E-state index contributed by atoms with van der Waals surface area (Å²) >= 11 is 0. The van der Waals surface area contributed by atoms with Gasteiger partial charge in [0.15, 0.2) is 0 Å². The van der Waals surface area contributed by atoms with Crippen LogP contribution in [0.5, 0.6) is 0 Å². The van der Waals surface area contributed by atoms with E-state index in [0.29, 0.717) is 0 Å². The minimum Gasteiger partial charge on any atom is -0.301 e. The van der Waals surface area contributed by atoms with Crippen LogP contribution in [-0.2, 0) is 13.0 Å². The van der Waals surface area contributed by atoms with Gasteiger partial charge in [-0.1, -0.05) is 12.1 Å². The van der Waals surface area contributed by atoms with Crippen molar-refractivity contribution < 1.29 is 0 Å².